The number of fused-ring (bicyclic) bond motifs is 1. The molecule has 35 heavy (non-hydrogen) atoms. The minimum atomic E-state index is -1.59. The third kappa shape index (κ3) is 4.45. The molecule has 1 N–H and O–H groups in total. The van der Waals surface area contributed by atoms with Crippen LogP contribution in [0.15, 0.2) is 93.3 Å². The molecule has 1 atom stereocenters. The largest absolute Gasteiger partial charge is 0.495 e. The predicted molar refractivity (Wildman–Crippen MR) is 138 cm³/mol. The monoisotopic (exact) mass is 505 g/mol. The van der Waals surface area contributed by atoms with Crippen LogP contribution < -0.4 is 15.0 Å². The van der Waals surface area contributed by atoms with Crippen LogP contribution in [0.2, 0.25) is 5.02 Å². The number of pyridine rings is 1. The van der Waals surface area contributed by atoms with Crippen LogP contribution in [0.1, 0.15) is 5.56 Å². The molecule has 0 spiro atoms. The highest BCUT2D eigenvalue weighted by Gasteiger charge is 2.15. The summed E-state index contributed by atoms with van der Waals surface area (Å²) in [6.07, 6.45) is 2.86. The Bertz CT molecular complexity index is 1630. The molecule has 176 valence electrons. The number of nitrogens with zero attached hydrogens (tertiary/aromatic N) is 2. The number of rotatable bonds is 6. The van der Waals surface area contributed by atoms with Gasteiger partial charge in [0.1, 0.15) is 12.0 Å². The van der Waals surface area contributed by atoms with E-state index in [1.165, 1.54) is 18.5 Å². The van der Waals surface area contributed by atoms with Gasteiger partial charge in [-0.1, -0.05) is 23.7 Å². The van der Waals surface area contributed by atoms with Gasteiger partial charge in [0.05, 0.1) is 29.4 Å². The highest BCUT2D eigenvalue weighted by Crippen LogP contribution is 2.32. The highest BCUT2D eigenvalue weighted by atomic mass is 35.5. The summed E-state index contributed by atoms with van der Waals surface area (Å²) in [7, 11) is -0.0161. The molecular weight excluding hydrogens is 486 g/mol. The number of nitrogens with one attached hydrogen (secondary N) is 1. The van der Waals surface area contributed by atoms with Gasteiger partial charge in [0, 0.05) is 16.5 Å². The fraction of sp³-hybridized carbons (Fsp3) is 0.0769. The number of ether oxygens (including phenoxy) is 1. The highest BCUT2D eigenvalue weighted by molar-refractivity contribution is 7.86. The number of oxazole rings is 1. The van der Waals surface area contributed by atoms with E-state index in [1.807, 2.05) is 43.3 Å². The summed E-state index contributed by atoms with van der Waals surface area (Å²) in [5, 5.41) is 1.44. The zero-order valence-corrected chi connectivity index (χ0v) is 20.4. The molecule has 0 aliphatic heterocycles. The average Bonchev–Trinajstić information content (AvgIpc) is 3.38. The number of hydrogen-bond acceptors (Lipinski definition) is 5. The van der Waals surface area contributed by atoms with Gasteiger partial charge in [-0.25, -0.2) is 9.19 Å². The van der Waals surface area contributed by atoms with Gasteiger partial charge in [0.15, 0.2) is 11.0 Å². The maximum Gasteiger partial charge on any atom is 0.306 e. The lowest BCUT2D eigenvalue weighted by Gasteiger charge is -2.16. The molecule has 9 heteroatoms. The van der Waals surface area contributed by atoms with E-state index in [0.29, 0.717) is 26.9 Å². The van der Waals surface area contributed by atoms with Crippen molar-refractivity contribution in [3.63, 3.8) is 0 Å². The number of hydrogen-bond donors (Lipinski definition) is 1. The summed E-state index contributed by atoms with van der Waals surface area (Å²) in [6, 6.07) is 20.1. The lowest BCUT2D eigenvalue weighted by atomic mass is 10.0. The van der Waals surface area contributed by atoms with Gasteiger partial charge in [-0.05, 0) is 72.1 Å². The lowest BCUT2D eigenvalue weighted by Crippen LogP contribution is -2.18. The zero-order chi connectivity index (χ0) is 24.5. The number of benzene rings is 3. The number of methoxy groups -OCH3 is 1. The van der Waals surface area contributed by atoms with E-state index in [2.05, 4.69) is 9.71 Å². The maximum absolute atomic E-state index is 13.0. The summed E-state index contributed by atoms with van der Waals surface area (Å²) in [5.74, 6) is 0.544. The van der Waals surface area contributed by atoms with Crippen molar-refractivity contribution in [2.45, 2.75) is 11.8 Å². The van der Waals surface area contributed by atoms with Crippen LogP contribution in [-0.4, -0.2) is 20.9 Å². The molecule has 2 heterocycles. The lowest BCUT2D eigenvalue weighted by molar-refractivity contribution is 0.413. The Morgan fingerprint density at radius 2 is 1.83 bits per heavy atom. The molecule has 5 aromatic rings. The molecule has 5 rings (SSSR count). The zero-order valence-electron chi connectivity index (χ0n) is 18.8. The minimum Gasteiger partial charge on any atom is -0.495 e. The van der Waals surface area contributed by atoms with Crippen LogP contribution in [0, 0.1) is 6.92 Å². The molecule has 7 nitrogen and oxygen atoms in total. The van der Waals surface area contributed by atoms with Crippen molar-refractivity contribution in [1.29, 1.82) is 0 Å². The van der Waals surface area contributed by atoms with Crippen molar-refractivity contribution in [3.05, 3.63) is 100 Å². The Morgan fingerprint density at radius 1 is 1.03 bits per heavy atom. The van der Waals surface area contributed by atoms with Gasteiger partial charge < -0.3 is 9.15 Å². The van der Waals surface area contributed by atoms with Crippen molar-refractivity contribution in [2.75, 3.05) is 11.8 Å². The molecule has 1 unspecified atom stereocenters. The first-order valence-corrected chi connectivity index (χ1v) is 12.2. The van der Waals surface area contributed by atoms with E-state index in [9.17, 15) is 9.00 Å². The molecule has 0 aliphatic carbocycles. The fourth-order valence-electron chi connectivity index (χ4n) is 3.87. The topological polar surface area (TPSA) is 86.4 Å². The van der Waals surface area contributed by atoms with E-state index in [-0.39, 0.29) is 11.6 Å². The Labute approximate surface area is 208 Å². The third-order valence-electron chi connectivity index (χ3n) is 5.60. The summed E-state index contributed by atoms with van der Waals surface area (Å²) in [5.41, 5.74) is 3.95. The first-order valence-electron chi connectivity index (χ1n) is 10.6. The van der Waals surface area contributed by atoms with Crippen LogP contribution in [0.25, 0.3) is 27.7 Å². The second kappa shape index (κ2) is 9.40. The van der Waals surface area contributed by atoms with Crippen molar-refractivity contribution < 1.29 is 13.4 Å². The summed E-state index contributed by atoms with van der Waals surface area (Å²) < 4.78 is 27.8. The molecule has 0 aliphatic rings. The first-order chi connectivity index (χ1) is 16.9. The fourth-order valence-corrected chi connectivity index (χ4v) is 4.79. The van der Waals surface area contributed by atoms with Crippen LogP contribution in [0.4, 0.5) is 6.01 Å². The van der Waals surface area contributed by atoms with Gasteiger partial charge in [0.2, 0.25) is 0 Å². The Morgan fingerprint density at radius 3 is 2.57 bits per heavy atom. The van der Waals surface area contributed by atoms with Crippen LogP contribution in [-0.2, 0) is 11.0 Å². The van der Waals surface area contributed by atoms with Gasteiger partial charge >= 0.3 is 6.01 Å². The van der Waals surface area contributed by atoms with E-state index < -0.39 is 11.0 Å². The minimum absolute atomic E-state index is 0.161. The molecule has 0 saturated carbocycles. The van der Waals surface area contributed by atoms with Gasteiger partial charge in [-0.3, -0.25) is 14.1 Å². The van der Waals surface area contributed by atoms with Gasteiger partial charge in [-0.15, -0.1) is 0 Å². The normalized spacial score (nSPS) is 12.0. The first kappa shape index (κ1) is 22.9. The second-order valence-electron chi connectivity index (χ2n) is 7.79. The molecule has 2 aromatic heterocycles. The Hall–Kier alpha value is -3.88. The number of halogens is 1. The number of aromatic nitrogens is 2. The number of anilines is 1. The Kier molecular flexibility index (Phi) is 6.15. The molecule has 0 radical (unpaired) electrons. The quantitative estimate of drug-likeness (QED) is 0.317. The second-order valence-corrected chi connectivity index (χ2v) is 9.41. The van der Waals surface area contributed by atoms with Gasteiger partial charge in [-0.2, -0.15) is 0 Å². The third-order valence-corrected chi connectivity index (χ3v) is 7.07. The van der Waals surface area contributed by atoms with Crippen molar-refractivity contribution in [1.82, 2.24) is 9.55 Å². The molecule has 0 fully saturated rings. The SMILES string of the molecule is COc1cc(-c2ccc(Cl)c(C)c2)ccc1-n1c(=O)ccc2cc(S(=O)Nc3ncco3)ccc21. The molecule has 0 amide bonds. The van der Waals surface area contributed by atoms with Crippen LogP contribution in [0.3, 0.4) is 0 Å². The van der Waals surface area contributed by atoms with Crippen molar-refractivity contribution in [2.24, 2.45) is 0 Å². The molecule has 0 bridgehead atoms. The van der Waals surface area contributed by atoms with E-state index in [1.54, 1.807) is 35.9 Å². The number of aryl methyl sites for hydroxylation is 1. The van der Waals surface area contributed by atoms with E-state index in [0.717, 1.165) is 22.1 Å². The van der Waals surface area contributed by atoms with E-state index in [4.69, 9.17) is 20.8 Å². The maximum atomic E-state index is 13.0. The average molecular weight is 506 g/mol. The smallest absolute Gasteiger partial charge is 0.306 e. The standard InChI is InChI=1S/C26H20ClN3O4S/c1-16-13-17(3-7-21(16)27)18-4-8-23(24(15-18)33-2)30-22-9-6-20(14-19(22)5-10-25(30)31)35(32)29-26-28-11-12-34-26/h3-15H,1-2H3,(H,28,29). The summed E-state index contributed by atoms with van der Waals surface area (Å²) >= 11 is 6.18. The van der Waals surface area contributed by atoms with Gasteiger partial charge in [0.25, 0.3) is 5.56 Å². The summed E-state index contributed by atoms with van der Waals surface area (Å²) in [4.78, 5) is 17.4. The van der Waals surface area contributed by atoms with E-state index >= 15 is 0 Å². The molecular formula is C26H20ClN3O4S. The summed E-state index contributed by atoms with van der Waals surface area (Å²) in [6.45, 7) is 1.95. The molecule has 3 aromatic carbocycles. The predicted octanol–water partition coefficient (Wildman–Crippen LogP) is 5.75. The van der Waals surface area contributed by atoms with Crippen molar-refractivity contribution >= 4 is 39.5 Å². The molecule has 0 saturated heterocycles. The van der Waals surface area contributed by atoms with Crippen LogP contribution in [0.5, 0.6) is 5.75 Å². The Balaban J connectivity index is 1.58. The van der Waals surface area contributed by atoms with Crippen molar-refractivity contribution in [3.8, 4) is 22.6 Å². The van der Waals surface area contributed by atoms with Crippen LogP contribution >= 0.6 is 11.6 Å².